The van der Waals surface area contributed by atoms with Crippen LogP contribution in [0.1, 0.15) is 19.3 Å². The standard InChI is InChI=1S/C11H27N3O4S/c12-4-2-1-3-11-19(15,16)14-6-8-18-10-9-17-7-5-13/h14H,1-13H2. The normalized spacial score (nSPS) is 11.9. The SMILES string of the molecule is NCCCCCS(=O)(=O)NCCOCCOCCN. The van der Waals surface area contributed by atoms with Gasteiger partial charge < -0.3 is 20.9 Å². The molecule has 5 N–H and O–H groups in total. The minimum atomic E-state index is -3.18. The second-order valence-electron chi connectivity index (χ2n) is 4.08. The molecule has 0 aromatic rings. The summed E-state index contributed by atoms with van der Waals surface area (Å²) in [6, 6.07) is 0. The number of hydrogen-bond donors (Lipinski definition) is 3. The topological polar surface area (TPSA) is 117 Å². The van der Waals surface area contributed by atoms with Crippen LogP contribution in [0.15, 0.2) is 0 Å². The highest BCUT2D eigenvalue weighted by molar-refractivity contribution is 7.89. The maximum Gasteiger partial charge on any atom is 0.211 e. The Morgan fingerprint density at radius 1 is 0.842 bits per heavy atom. The number of nitrogens with one attached hydrogen (secondary N) is 1. The van der Waals surface area contributed by atoms with Gasteiger partial charge in [0.2, 0.25) is 10.0 Å². The summed E-state index contributed by atoms with van der Waals surface area (Å²) in [5.41, 5.74) is 10.6. The molecule has 116 valence electrons. The van der Waals surface area contributed by atoms with E-state index in [0.29, 0.717) is 45.9 Å². The van der Waals surface area contributed by atoms with E-state index in [2.05, 4.69) is 4.72 Å². The molecule has 0 atom stereocenters. The van der Waals surface area contributed by atoms with Crippen molar-refractivity contribution in [1.29, 1.82) is 0 Å². The van der Waals surface area contributed by atoms with Crippen molar-refractivity contribution in [3.8, 4) is 0 Å². The predicted octanol–water partition coefficient (Wildman–Crippen LogP) is -0.973. The number of sulfonamides is 1. The first-order valence-electron chi connectivity index (χ1n) is 6.65. The Hall–Kier alpha value is -0.250. The highest BCUT2D eigenvalue weighted by Gasteiger charge is 2.08. The zero-order chi connectivity index (χ0) is 14.4. The van der Waals surface area contributed by atoms with Crippen molar-refractivity contribution >= 4 is 10.0 Å². The molecule has 0 aromatic heterocycles. The molecule has 0 aliphatic carbocycles. The summed E-state index contributed by atoms with van der Waals surface area (Å²) < 4.78 is 35.9. The molecule has 0 saturated heterocycles. The van der Waals surface area contributed by atoms with Crippen LogP contribution in [0.5, 0.6) is 0 Å². The van der Waals surface area contributed by atoms with Gasteiger partial charge in [-0.1, -0.05) is 6.42 Å². The summed E-state index contributed by atoms with van der Waals surface area (Å²) in [5, 5.41) is 0. The quantitative estimate of drug-likeness (QED) is 0.355. The lowest BCUT2D eigenvalue weighted by atomic mass is 10.2. The van der Waals surface area contributed by atoms with E-state index >= 15 is 0 Å². The molecule has 0 rings (SSSR count). The molecule has 0 heterocycles. The van der Waals surface area contributed by atoms with E-state index in [0.717, 1.165) is 12.8 Å². The first-order chi connectivity index (χ1) is 9.12. The van der Waals surface area contributed by atoms with E-state index in [4.69, 9.17) is 20.9 Å². The van der Waals surface area contributed by atoms with E-state index < -0.39 is 10.0 Å². The van der Waals surface area contributed by atoms with Crippen LogP contribution in [0.25, 0.3) is 0 Å². The largest absolute Gasteiger partial charge is 0.378 e. The van der Waals surface area contributed by atoms with E-state index in [1.165, 1.54) is 0 Å². The average Bonchev–Trinajstić information content (AvgIpc) is 2.38. The highest BCUT2D eigenvalue weighted by atomic mass is 32.2. The molecule has 0 aliphatic heterocycles. The Bertz CT molecular complexity index is 286. The lowest BCUT2D eigenvalue weighted by Gasteiger charge is -2.07. The Morgan fingerprint density at radius 3 is 2.16 bits per heavy atom. The zero-order valence-electron chi connectivity index (χ0n) is 11.5. The Kier molecular flexibility index (Phi) is 12.6. The molecule has 0 unspecified atom stereocenters. The average molecular weight is 297 g/mol. The van der Waals surface area contributed by atoms with Gasteiger partial charge in [-0.2, -0.15) is 0 Å². The second kappa shape index (κ2) is 12.8. The van der Waals surface area contributed by atoms with Gasteiger partial charge >= 0.3 is 0 Å². The van der Waals surface area contributed by atoms with E-state index in [-0.39, 0.29) is 12.3 Å². The molecule has 0 aromatic carbocycles. The fraction of sp³-hybridized carbons (Fsp3) is 1.00. The summed E-state index contributed by atoms with van der Waals surface area (Å²) in [4.78, 5) is 0. The molecule has 0 saturated carbocycles. The first-order valence-corrected chi connectivity index (χ1v) is 8.30. The molecule has 19 heavy (non-hydrogen) atoms. The lowest BCUT2D eigenvalue weighted by molar-refractivity contribution is 0.0530. The summed E-state index contributed by atoms with van der Waals surface area (Å²) in [7, 11) is -3.18. The van der Waals surface area contributed by atoms with Gasteiger partial charge in [-0.3, -0.25) is 0 Å². The maximum absolute atomic E-state index is 11.5. The lowest BCUT2D eigenvalue weighted by Crippen LogP contribution is -2.30. The van der Waals surface area contributed by atoms with Crippen LogP contribution in [0.2, 0.25) is 0 Å². The van der Waals surface area contributed by atoms with Crippen molar-refractivity contribution in [2.45, 2.75) is 19.3 Å². The molecular formula is C11H27N3O4S. The zero-order valence-corrected chi connectivity index (χ0v) is 12.3. The highest BCUT2D eigenvalue weighted by Crippen LogP contribution is 1.97. The van der Waals surface area contributed by atoms with Gasteiger partial charge in [-0.25, -0.2) is 13.1 Å². The van der Waals surface area contributed by atoms with Gasteiger partial charge in [0, 0.05) is 13.1 Å². The molecule has 0 bridgehead atoms. The molecule has 0 fully saturated rings. The van der Waals surface area contributed by atoms with Crippen LogP contribution in [0, 0.1) is 0 Å². The molecule has 8 heteroatoms. The van der Waals surface area contributed by atoms with Crippen LogP contribution < -0.4 is 16.2 Å². The summed E-state index contributed by atoms with van der Waals surface area (Å²) in [6.07, 6.45) is 2.34. The van der Waals surface area contributed by atoms with Crippen LogP contribution in [0.4, 0.5) is 0 Å². The van der Waals surface area contributed by atoms with Crippen LogP contribution in [-0.4, -0.2) is 60.2 Å². The number of ether oxygens (including phenoxy) is 2. The molecule has 0 spiro atoms. The van der Waals surface area contributed by atoms with Crippen LogP contribution >= 0.6 is 0 Å². The second-order valence-corrected chi connectivity index (χ2v) is 6.00. The van der Waals surface area contributed by atoms with Crippen LogP contribution in [-0.2, 0) is 19.5 Å². The van der Waals surface area contributed by atoms with E-state index in [9.17, 15) is 8.42 Å². The molecule has 0 aliphatic rings. The van der Waals surface area contributed by atoms with Crippen molar-refractivity contribution in [2.75, 3.05) is 51.8 Å². The third-order valence-corrected chi connectivity index (χ3v) is 3.79. The predicted molar refractivity (Wildman–Crippen MR) is 75.4 cm³/mol. The number of unbranched alkanes of at least 4 members (excludes halogenated alkanes) is 2. The number of hydrogen-bond acceptors (Lipinski definition) is 6. The fourth-order valence-corrected chi connectivity index (χ4v) is 2.48. The van der Waals surface area contributed by atoms with Crippen molar-refractivity contribution in [2.24, 2.45) is 11.5 Å². The minimum absolute atomic E-state index is 0.145. The third kappa shape index (κ3) is 14.0. The van der Waals surface area contributed by atoms with Crippen LogP contribution in [0.3, 0.4) is 0 Å². The van der Waals surface area contributed by atoms with Gasteiger partial charge in [0.25, 0.3) is 0 Å². The minimum Gasteiger partial charge on any atom is -0.378 e. The van der Waals surface area contributed by atoms with E-state index in [1.54, 1.807) is 0 Å². The van der Waals surface area contributed by atoms with Crippen molar-refractivity contribution in [3.63, 3.8) is 0 Å². The van der Waals surface area contributed by atoms with Crippen molar-refractivity contribution < 1.29 is 17.9 Å². The smallest absolute Gasteiger partial charge is 0.211 e. The van der Waals surface area contributed by atoms with Gasteiger partial charge in [-0.15, -0.1) is 0 Å². The maximum atomic E-state index is 11.5. The summed E-state index contributed by atoms with van der Waals surface area (Å²) in [5.74, 6) is 0.145. The third-order valence-electron chi connectivity index (χ3n) is 2.32. The molecule has 7 nitrogen and oxygen atoms in total. The van der Waals surface area contributed by atoms with Gasteiger partial charge in [0.1, 0.15) is 0 Å². The fourth-order valence-electron chi connectivity index (χ4n) is 1.36. The molecule has 0 amide bonds. The van der Waals surface area contributed by atoms with Crippen molar-refractivity contribution in [1.82, 2.24) is 4.72 Å². The molecule has 0 radical (unpaired) electrons. The van der Waals surface area contributed by atoms with E-state index in [1.807, 2.05) is 0 Å². The Labute approximate surface area is 116 Å². The molecular weight excluding hydrogens is 270 g/mol. The summed E-state index contributed by atoms with van der Waals surface area (Å²) in [6.45, 7) is 3.15. The van der Waals surface area contributed by atoms with Gasteiger partial charge in [0.15, 0.2) is 0 Å². The van der Waals surface area contributed by atoms with Gasteiger partial charge in [-0.05, 0) is 19.4 Å². The number of nitrogens with two attached hydrogens (primary N) is 2. The summed E-state index contributed by atoms with van der Waals surface area (Å²) >= 11 is 0. The number of rotatable bonds is 14. The monoisotopic (exact) mass is 297 g/mol. The van der Waals surface area contributed by atoms with Gasteiger partial charge in [0.05, 0.1) is 32.2 Å². The first kappa shape index (κ1) is 18.8. The Morgan fingerprint density at radius 2 is 1.53 bits per heavy atom. The Balaban J connectivity index is 3.38. The van der Waals surface area contributed by atoms with Crippen molar-refractivity contribution in [3.05, 3.63) is 0 Å².